The number of hydrogen-bond acceptors (Lipinski definition) is 6. The highest BCUT2D eigenvalue weighted by Crippen LogP contribution is 2.33. The van der Waals surface area contributed by atoms with Gasteiger partial charge in [0.2, 0.25) is 0 Å². The molecule has 8 heteroatoms. The van der Waals surface area contributed by atoms with E-state index in [1.165, 1.54) is 12.3 Å². The lowest BCUT2D eigenvalue weighted by atomic mass is 10.1. The van der Waals surface area contributed by atoms with Crippen molar-refractivity contribution < 1.29 is 28.3 Å². The van der Waals surface area contributed by atoms with E-state index in [1.807, 2.05) is 41.8 Å². The number of para-hydroxylation sites is 2. The van der Waals surface area contributed by atoms with Crippen molar-refractivity contribution in [2.24, 2.45) is 0 Å². The lowest BCUT2D eigenvalue weighted by molar-refractivity contribution is 0.0527. The maximum absolute atomic E-state index is 13.2. The van der Waals surface area contributed by atoms with Gasteiger partial charge in [-0.3, -0.25) is 4.79 Å². The van der Waals surface area contributed by atoms with Gasteiger partial charge in [0, 0.05) is 16.8 Å². The first-order valence-corrected chi connectivity index (χ1v) is 12.0. The summed E-state index contributed by atoms with van der Waals surface area (Å²) in [5, 5.41) is 3.27. The average Bonchev–Trinajstić information content (AvgIpc) is 3.56. The number of carbonyl (C=O) groups is 3. The molecule has 190 valence electrons. The number of furan rings is 1. The van der Waals surface area contributed by atoms with E-state index in [4.69, 9.17) is 13.9 Å². The van der Waals surface area contributed by atoms with Gasteiger partial charge in [-0.05, 0) is 68.4 Å². The molecule has 0 aliphatic carbocycles. The molecular formula is C30H24N2O6. The molecule has 2 aromatic heterocycles. The van der Waals surface area contributed by atoms with Crippen molar-refractivity contribution in [3.8, 4) is 11.4 Å². The summed E-state index contributed by atoms with van der Waals surface area (Å²) in [5.41, 5.74) is 3.20. The Bertz CT molecular complexity index is 1630. The second-order valence-corrected chi connectivity index (χ2v) is 8.40. The Morgan fingerprint density at radius 1 is 0.895 bits per heavy atom. The molecule has 0 fully saturated rings. The number of carbonyl (C=O) groups excluding carboxylic acids is 3. The molecule has 0 spiro atoms. The van der Waals surface area contributed by atoms with Gasteiger partial charge in [-0.15, -0.1) is 0 Å². The first-order chi connectivity index (χ1) is 18.5. The van der Waals surface area contributed by atoms with E-state index in [2.05, 4.69) is 5.32 Å². The van der Waals surface area contributed by atoms with Crippen LogP contribution in [0.15, 0.2) is 95.6 Å². The summed E-state index contributed by atoms with van der Waals surface area (Å²) < 4.78 is 18.1. The first-order valence-electron chi connectivity index (χ1n) is 12.0. The number of nitrogens with one attached hydrogen (secondary N) is 1. The van der Waals surface area contributed by atoms with E-state index < -0.39 is 17.8 Å². The zero-order valence-electron chi connectivity index (χ0n) is 20.8. The standard InChI is InChI=1S/C30H24N2O6/c1-3-36-30(35)27-19(2)32(20-10-5-4-6-11-20)25-16-15-21(18-23(25)27)38-29(34)22-12-7-8-13-24(22)31-28(33)26-14-9-17-37-26/h4-18H,3H2,1-2H3,(H,31,33). The van der Waals surface area contributed by atoms with Gasteiger partial charge >= 0.3 is 11.9 Å². The number of aromatic nitrogens is 1. The molecule has 1 amide bonds. The largest absolute Gasteiger partial charge is 0.462 e. The zero-order chi connectivity index (χ0) is 26.6. The lowest BCUT2D eigenvalue weighted by Crippen LogP contribution is -2.16. The number of benzene rings is 3. The van der Waals surface area contributed by atoms with Crippen LogP contribution in [0, 0.1) is 6.92 Å². The Balaban J connectivity index is 1.50. The number of fused-ring (bicyclic) bond motifs is 1. The van der Waals surface area contributed by atoms with Crippen LogP contribution < -0.4 is 10.1 Å². The van der Waals surface area contributed by atoms with Crippen LogP contribution >= 0.6 is 0 Å². The average molecular weight is 509 g/mol. The Morgan fingerprint density at radius 3 is 2.39 bits per heavy atom. The minimum Gasteiger partial charge on any atom is -0.462 e. The highest BCUT2D eigenvalue weighted by molar-refractivity contribution is 6.08. The number of anilines is 1. The Labute approximate surface area is 218 Å². The van der Waals surface area contributed by atoms with Crippen LogP contribution in [0.5, 0.6) is 5.75 Å². The highest BCUT2D eigenvalue weighted by Gasteiger charge is 2.23. The van der Waals surface area contributed by atoms with Crippen LogP contribution in [0.4, 0.5) is 5.69 Å². The summed E-state index contributed by atoms with van der Waals surface area (Å²) in [6.45, 7) is 3.83. The maximum Gasteiger partial charge on any atom is 0.345 e. The van der Waals surface area contributed by atoms with Gasteiger partial charge in [-0.2, -0.15) is 0 Å². The van der Waals surface area contributed by atoms with E-state index in [9.17, 15) is 14.4 Å². The molecule has 0 bridgehead atoms. The predicted octanol–water partition coefficient (Wildman–Crippen LogP) is 6.18. The van der Waals surface area contributed by atoms with Gasteiger partial charge < -0.3 is 23.8 Å². The summed E-state index contributed by atoms with van der Waals surface area (Å²) >= 11 is 0. The second kappa shape index (κ2) is 10.5. The van der Waals surface area contributed by atoms with Gasteiger partial charge in [0.15, 0.2) is 5.76 Å². The second-order valence-electron chi connectivity index (χ2n) is 8.40. The minimum atomic E-state index is -0.670. The number of rotatable bonds is 7. The van der Waals surface area contributed by atoms with Crippen molar-refractivity contribution in [2.45, 2.75) is 13.8 Å². The number of amides is 1. The van der Waals surface area contributed by atoms with Gasteiger partial charge in [0.25, 0.3) is 5.91 Å². The quantitative estimate of drug-likeness (QED) is 0.208. The molecule has 0 radical (unpaired) electrons. The van der Waals surface area contributed by atoms with Gasteiger partial charge in [0.05, 0.1) is 35.2 Å². The van der Waals surface area contributed by atoms with Crippen molar-refractivity contribution in [1.29, 1.82) is 0 Å². The maximum atomic E-state index is 13.2. The number of ether oxygens (including phenoxy) is 2. The SMILES string of the molecule is CCOC(=O)c1c(C)n(-c2ccccc2)c2ccc(OC(=O)c3ccccc3NC(=O)c3ccco3)cc12. The van der Waals surface area contributed by atoms with Gasteiger partial charge in [0.1, 0.15) is 5.75 Å². The van der Waals surface area contributed by atoms with Crippen LogP contribution in [-0.2, 0) is 4.74 Å². The third-order valence-corrected chi connectivity index (χ3v) is 6.02. The minimum absolute atomic E-state index is 0.114. The number of nitrogens with zero attached hydrogens (tertiary/aromatic N) is 1. The lowest BCUT2D eigenvalue weighted by Gasteiger charge is -2.11. The van der Waals surface area contributed by atoms with Crippen molar-refractivity contribution in [3.63, 3.8) is 0 Å². The summed E-state index contributed by atoms with van der Waals surface area (Å²) in [6.07, 6.45) is 1.39. The summed E-state index contributed by atoms with van der Waals surface area (Å²) in [6, 6.07) is 24.4. The molecule has 1 N–H and O–H groups in total. The van der Waals surface area contributed by atoms with Crippen LogP contribution in [0.2, 0.25) is 0 Å². The summed E-state index contributed by atoms with van der Waals surface area (Å²) in [5.74, 6) is -1.27. The summed E-state index contributed by atoms with van der Waals surface area (Å²) in [4.78, 5) is 38.6. The number of hydrogen-bond donors (Lipinski definition) is 1. The molecule has 0 aliphatic rings. The Hall–Kier alpha value is -5.11. The Kier molecular flexibility index (Phi) is 6.78. The predicted molar refractivity (Wildman–Crippen MR) is 142 cm³/mol. The molecule has 38 heavy (non-hydrogen) atoms. The fraction of sp³-hybridized carbons (Fsp3) is 0.100. The smallest absolute Gasteiger partial charge is 0.345 e. The Morgan fingerprint density at radius 2 is 1.66 bits per heavy atom. The molecule has 2 heterocycles. The van der Waals surface area contributed by atoms with Crippen molar-refractivity contribution >= 4 is 34.4 Å². The molecule has 3 aromatic carbocycles. The fourth-order valence-corrected chi connectivity index (χ4v) is 4.36. The normalized spacial score (nSPS) is 10.8. The third-order valence-electron chi connectivity index (χ3n) is 6.02. The van der Waals surface area contributed by atoms with E-state index in [0.29, 0.717) is 16.6 Å². The van der Waals surface area contributed by atoms with Crippen LogP contribution in [-0.4, -0.2) is 29.0 Å². The molecular weight excluding hydrogens is 484 g/mol. The van der Waals surface area contributed by atoms with Crippen LogP contribution in [0.1, 0.15) is 43.9 Å². The monoisotopic (exact) mass is 508 g/mol. The molecule has 0 saturated heterocycles. The third kappa shape index (κ3) is 4.67. The molecule has 0 saturated carbocycles. The molecule has 5 aromatic rings. The van der Waals surface area contributed by atoms with E-state index >= 15 is 0 Å². The van der Waals surface area contributed by atoms with E-state index in [-0.39, 0.29) is 29.4 Å². The number of esters is 2. The van der Waals surface area contributed by atoms with E-state index in [1.54, 1.807) is 55.5 Å². The topological polar surface area (TPSA) is 99.8 Å². The summed E-state index contributed by atoms with van der Waals surface area (Å²) in [7, 11) is 0. The zero-order valence-corrected chi connectivity index (χ0v) is 20.8. The van der Waals surface area contributed by atoms with Crippen LogP contribution in [0.3, 0.4) is 0 Å². The first kappa shape index (κ1) is 24.6. The molecule has 5 rings (SSSR count). The molecule has 0 unspecified atom stereocenters. The molecule has 8 nitrogen and oxygen atoms in total. The van der Waals surface area contributed by atoms with Crippen LogP contribution in [0.25, 0.3) is 16.6 Å². The van der Waals surface area contributed by atoms with Crippen molar-refractivity contribution in [2.75, 3.05) is 11.9 Å². The van der Waals surface area contributed by atoms with E-state index in [0.717, 1.165) is 11.2 Å². The van der Waals surface area contributed by atoms with Crippen molar-refractivity contribution in [3.05, 3.63) is 114 Å². The molecule has 0 atom stereocenters. The fourth-order valence-electron chi connectivity index (χ4n) is 4.36. The van der Waals surface area contributed by atoms with Crippen molar-refractivity contribution in [1.82, 2.24) is 4.57 Å². The highest BCUT2D eigenvalue weighted by atomic mass is 16.5. The molecule has 0 aliphatic heterocycles. The van der Waals surface area contributed by atoms with Gasteiger partial charge in [-0.1, -0.05) is 30.3 Å². The van der Waals surface area contributed by atoms with Gasteiger partial charge in [-0.25, -0.2) is 9.59 Å².